The van der Waals surface area contributed by atoms with Crippen LogP contribution in [0.5, 0.6) is 0 Å². The van der Waals surface area contributed by atoms with E-state index in [1.165, 1.54) is 29.2 Å². The molecule has 0 aliphatic rings. The molecule has 0 aliphatic heterocycles. The van der Waals surface area contributed by atoms with Crippen LogP contribution in [0.1, 0.15) is 275 Å². The number of hydrogen-bond acceptors (Lipinski definition) is 0. The van der Waals surface area contributed by atoms with Crippen molar-refractivity contribution in [2.75, 3.05) is 0 Å². The summed E-state index contributed by atoms with van der Waals surface area (Å²) < 4.78 is 136. The van der Waals surface area contributed by atoms with Crippen molar-refractivity contribution in [3.63, 3.8) is 0 Å². The van der Waals surface area contributed by atoms with Gasteiger partial charge in [-0.25, -0.2) is 0 Å². The standard InChI is InChI=1S/2C13H20.C11H16.3C10H14.2C8H10/c2*1-9(2)12-7-6-8-13(10(3)4)11(12)5;1-9-7-5-6-8-10(9)11(2,3)4;1-7-5-8(2)10(4)9(3)6-7;2*1-8(2)10-7-5-4-6-9(10)3;1-7-3-5-8(2)6-4-7;1-7-5-3-4-6-8(7)2/h2*6-10H,1-5H3;5-8H,1-4H3;5-6H,1-4H3;2*4-8H,1-3H3;2*3-6H,1-2H3/i1D3,9D,10D;9D,10D;2*2D3;2*8D;;1D3. The van der Waals surface area contributed by atoms with Gasteiger partial charge in [0.2, 0.25) is 0 Å². The highest BCUT2D eigenvalue weighted by Gasteiger charge is 2.15. The lowest BCUT2D eigenvalue weighted by Crippen LogP contribution is -2.12. The number of rotatable bonds is 6. The largest absolute Gasteiger partial charge is 0.0620 e. The molecule has 0 saturated heterocycles. The zero-order chi connectivity index (χ0) is 78.8. The van der Waals surface area contributed by atoms with E-state index < -0.39 is 68.2 Å². The van der Waals surface area contributed by atoms with Gasteiger partial charge in [0.15, 0.2) is 0 Å². The van der Waals surface area contributed by atoms with E-state index in [9.17, 15) is 0 Å². The summed E-state index contributed by atoms with van der Waals surface area (Å²) in [7, 11) is 0. The van der Waals surface area contributed by atoms with Crippen molar-refractivity contribution in [3.05, 3.63) is 281 Å². The first-order valence-electron chi connectivity index (χ1n) is 38.0. The third-order valence-electron chi connectivity index (χ3n) is 14.0. The second-order valence-corrected chi connectivity index (χ2v) is 23.4. The fourth-order valence-corrected chi connectivity index (χ4v) is 9.09. The Balaban J connectivity index is 0.000000582. The molecular formula is C83H118. The second-order valence-electron chi connectivity index (χ2n) is 23.4. The van der Waals surface area contributed by atoms with Crippen LogP contribution in [0.3, 0.4) is 0 Å². The molecule has 0 aromatic heterocycles. The molecule has 0 spiro atoms. The molecule has 83 heavy (non-hydrogen) atoms. The minimum Gasteiger partial charge on any atom is -0.0620 e. The smallest absolute Gasteiger partial charge is 0.0347 e. The first-order chi connectivity index (χ1) is 45.4. The minimum absolute atomic E-state index is 0.444. The lowest BCUT2D eigenvalue weighted by molar-refractivity contribution is 0.586. The van der Waals surface area contributed by atoms with Gasteiger partial charge in [0, 0.05) is 24.7 Å². The van der Waals surface area contributed by atoms with Crippen LogP contribution < -0.4 is 0 Å². The van der Waals surface area contributed by atoms with Crippen molar-refractivity contribution < 1.29 is 24.7 Å². The highest BCUT2D eigenvalue weighted by atomic mass is 14.2. The van der Waals surface area contributed by atoms with Gasteiger partial charge < -0.3 is 0 Å². The fourth-order valence-electron chi connectivity index (χ4n) is 9.09. The Morgan fingerprint density at radius 2 is 0.602 bits per heavy atom. The molecule has 0 radical (unpaired) electrons. The molecule has 0 nitrogen and oxygen atoms in total. The van der Waals surface area contributed by atoms with Crippen molar-refractivity contribution in [1.82, 2.24) is 0 Å². The molecule has 8 aromatic carbocycles. The lowest BCUT2D eigenvalue weighted by atomic mass is 9.84. The van der Waals surface area contributed by atoms with E-state index in [0.717, 1.165) is 72.3 Å². The molecule has 0 heterocycles. The fraction of sp³-hybridized carbons (Fsp3) is 0.422. The first-order valence-corrected chi connectivity index (χ1v) is 29.0. The Labute approximate surface area is 538 Å². The van der Waals surface area contributed by atoms with Gasteiger partial charge in [0.25, 0.3) is 0 Å². The zero-order valence-electron chi connectivity index (χ0n) is 73.7. The van der Waals surface area contributed by atoms with Crippen LogP contribution in [0.25, 0.3) is 0 Å². The third kappa shape index (κ3) is 27.8. The van der Waals surface area contributed by atoms with Crippen LogP contribution in [0.15, 0.2) is 170 Å². The molecule has 450 valence electrons. The number of hydrogen-bond donors (Lipinski definition) is 0. The Kier molecular flexibility index (Phi) is 22.4. The molecular weight excluding hydrogens is 997 g/mol. The molecule has 0 bridgehead atoms. The SMILES string of the molecule is Cc1ccc(C)cc1.[2H]C(C)(C)c1cccc(C([2H])(C)C([2H])([2H])[2H])c1C.[2H]C(C)(C)c1cccc(C([2H])(C)C)c1C.[2H]C(C)(C)c1ccccc1C.[2H]C(C)(C)c1ccccc1C.[2H]C([2H])([2H])C(C)(C)c1ccccc1C.[2H]C([2H])([2H])c1cc(C)cc(C)c1C.[2H]C([2H])([2H])c1ccccc1C. The topological polar surface area (TPSA) is 0 Å². The van der Waals surface area contributed by atoms with Crippen molar-refractivity contribution in [2.24, 2.45) is 0 Å². The number of aryl methyl sites for hydroxylation is 10. The van der Waals surface area contributed by atoms with Crippen LogP contribution >= 0.6 is 0 Å². The molecule has 8 aromatic rings. The minimum atomic E-state index is -2.39. The van der Waals surface area contributed by atoms with E-state index in [1.807, 2.05) is 226 Å². The van der Waals surface area contributed by atoms with Crippen molar-refractivity contribution in [1.29, 1.82) is 0 Å². The molecule has 0 saturated carbocycles. The Morgan fingerprint density at radius 1 is 0.289 bits per heavy atom. The summed E-state index contributed by atoms with van der Waals surface area (Å²) in [5.74, 6) is -4.57. The van der Waals surface area contributed by atoms with Gasteiger partial charge in [-0.05, 0) is 225 Å². The van der Waals surface area contributed by atoms with Crippen LogP contribution in [0.4, 0.5) is 0 Å². The molecule has 0 N–H and O–H groups in total. The molecule has 0 heteroatoms. The van der Waals surface area contributed by atoms with Crippen LogP contribution in [-0.4, -0.2) is 0 Å². The second kappa shape index (κ2) is 37.9. The monoisotopic (exact) mass is 1130 g/mol. The van der Waals surface area contributed by atoms with Crippen LogP contribution in [0, 0.1) is 89.9 Å². The highest BCUT2D eigenvalue weighted by molar-refractivity contribution is 5.40. The summed E-state index contributed by atoms with van der Waals surface area (Å²) in [6.07, 6.45) is 0. The summed E-state index contributed by atoms with van der Waals surface area (Å²) in [5.41, 5.74) is 18.2. The maximum Gasteiger partial charge on any atom is 0.0347 e. The maximum absolute atomic E-state index is 8.14. The summed E-state index contributed by atoms with van der Waals surface area (Å²) in [6, 6.07) is 54.2. The lowest BCUT2D eigenvalue weighted by Gasteiger charge is -2.21. The predicted octanol–water partition coefficient (Wildman–Crippen LogP) is 25.5. The molecule has 8 rings (SSSR count). The van der Waals surface area contributed by atoms with E-state index in [4.69, 9.17) is 24.7 Å². The van der Waals surface area contributed by atoms with E-state index in [0.29, 0.717) is 16.7 Å². The third-order valence-corrected chi connectivity index (χ3v) is 14.0. The van der Waals surface area contributed by atoms with E-state index in [1.54, 1.807) is 65.0 Å². The molecule has 1 unspecified atom stereocenters. The first kappa shape index (κ1) is 49.1. The van der Waals surface area contributed by atoms with Crippen molar-refractivity contribution >= 4 is 0 Å². The Hall–Kier alpha value is -6.24. The highest BCUT2D eigenvalue weighted by Crippen LogP contribution is 2.29. The Morgan fingerprint density at radius 3 is 0.904 bits per heavy atom. The van der Waals surface area contributed by atoms with E-state index >= 15 is 0 Å². The number of benzene rings is 8. The van der Waals surface area contributed by atoms with Gasteiger partial charge in [-0.2, -0.15) is 0 Å². The van der Waals surface area contributed by atoms with Gasteiger partial charge in [-0.3, -0.25) is 0 Å². The molecule has 1 atom stereocenters. The summed E-state index contributed by atoms with van der Waals surface area (Å²) in [4.78, 5) is 0. The molecule has 0 aliphatic carbocycles. The normalized spacial score (nSPS) is 15.7. The maximum atomic E-state index is 8.14. The molecule has 0 amide bonds. The summed E-state index contributed by atoms with van der Waals surface area (Å²) >= 11 is 0. The van der Waals surface area contributed by atoms with Crippen LogP contribution in [-0.2, 0) is 5.41 Å². The van der Waals surface area contributed by atoms with Crippen molar-refractivity contribution in [2.45, 2.75) is 234 Å². The summed E-state index contributed by atoms with van der Waals surface area (Å²) in [6.45, 7) is 36.9. The zero-order valence-corrected chi connectivity index (χ0v) is 55.7. The average Bonchev–Trinajstić information content (AvgIpc) is 0.784. The molecule has 0 fully saturated rings. The van der Waals surface area contributed by atoms with E-state index in [-0.39, 0.29) is 0 Å². The van der Waals surface area contributed by atoms with Crippen molar-refractivity contribution in [3.8, 4) is 0 Å². The average molecular weight is 1130 g/mol. The summed E-state index contributed by atoms with van der Waals surface area (Å²) in [5, 5.41) is 0. The van der Waals surface area contributed by atoms with Gasteiger partial charge in [-0.1, -0.05) is 290 Å². The van der Waals surface area contributed by atoms with Gasteiger partial charge in [0.1, 0.15) is 0 Å². The van der Waals surface area contributed by atoms with Gasteiger partial charge in [-0.15, -0.1) is 0 Å². The Bertz CT molecular complexity index is 3660. The quantitative estimate of drug-likeness (QED) is 0.156. The van der Waals surface area contributed by atoms with Gasteiger partial charge in [0.05, 0.1) is 0 Å². The van der Waals surface area contributed by atoms with Crippen LogP contribution in [0.2, 0.25) is 0 Å². The van der Waals surface area contributed by atoms with E-state index in [2.05, 4.69) is 38.1 Å². The van der Waals surface area contributed by atoms with Gasteiger partial charge >= 0.3 is 0 Å². The predicted molar refractivity (Wildman–Crippen MR) is 376 cm³/mol.